The van der Waals surface area contributed by atoms with Crippen LogP contribution < -0.4 is 0 Å². The molecule has 3 aromatic rings. The molecule has 2 aromatic heterocycles. The first kappa shape index (κ1) is 16.5. The third-order valence-corrected chi connectivity index (χ3v) is 5.01. The van der Waals surface area contributed by atoms with Gasteiger partial charge in [-0.3, -0.25) is 9.78 Å². The quantitative estimate of drug-likeness (QED) is 0.726. The Morgan fingerprint density at radius 1 is 1.04 bits per heavy atom. The van der Waals surface area contributed by atoms with Crippen LogP contribution in [0.5, 0.6) is 0 Å². The lowest BCUT2D eigenvalue weighted by molar-refractivity contribution is 0.0682. The molecule has 0 atom stereocenters. The van der Waals surface area contributed by atoms with Crippen LogP contribution in [0, 0.1) is 5.92 Å². The van der Waals surface area contributed by atoms with Crippen molar-refractivity contribution in [3.63, 3.8) is 0 Å². The van der Waals surface area contributed by atoms with Gasteiger partial charge in [0, 0.05) is 50.0 Å². The minimum absolute atomic E-state index is 0.0872. The summed E-state index contributed by atoms with van der Waals surface area (Å²) in [5.41, 5.74) is 1.81. The van der Waals surface area contributed by atoms with Crippen LogP contribution in [-0.4, -0.2) is 38.4 Å². The van der Waals surface area contributed by atoms with Gasteiger partial charge in [0.25, 0.3) is 5.91 Å². The lowest BCUT2D eigenvalue weighted by Crippen LogP contribution is -2.39. The number of likely N-dealkylation sites (tertiary alicyclic amines) is 1. The third kappa shape index (κ3) is 3.52. The van der Waals surface area contributed by atoms with Crippen LogP contribution in [0.15, 0.2) is 67.3 Å². The molecule has 0 saturated carbocycles. The zero-order valence-corrected chi connectivity index (χ0v) is 14.7. The maximum atomic E-state index is 12.5. The second-order valence-electron chi connectivity index (χ2n) is 6.75. The van der Waals surface area contributed by atoms with E-state index in [4.69, 9.17) is 0 Å². The Labute approximate surface area is 153 Å². The van der Waals surface area contributed by atoms with Crippen LogP contribution in [0.3, 0.4) is 0 Å². The maximum absolute atomic E-state index is 12.5. The Morgan fingerprint density at radius 2 is 1.85 bits per heavy atom. The molecule has 132 valence electrons. The SMILES string of the molecule is O=C(c1cccnc1)N1CCC(Cn2ccnc2-c2ccccc2)CC1. The molecule has 0 radical (unpaired) electrons. The molecule has 0 unspecified atom stereocenters. The van der Waals surface area contributed by atoms with Gasteiger partial charge in [-0.2, -0.15) is 0 Å². The third-order valence-electron chi connectivity index (χ3n) is 5.01. The minimum Gasteiger partial charge on any atom is -0.339 e. The predicted molar refractivity (Wildman–Crippen MR) is 101 cm³/mol. The molecule has 1 fully saturated rings. The van der Waals surface area contributed by atoms with E-state index in [2.05, 4.69) is 32.9 Å². The van der Waals surface area contributed by atoms with Crippen molar-refractivity contribution in [3.8, 4) is 11.4 Å². The van der Waals surface area contributed by atoms with Crippen molar-refractivity contribution in [2.75, 3.05) is 13.1 Å². The summed E-state index contributed by atoms with van der Waals surface area (Å²) in [5.74, 6) is 1.66. The fourth-order valence-corrected chi connectivity index (χ4v) is 3.57. The van der Waals surface area contributed by atoms with Gasteiger partial charge < -0.3 is 9.47 Å². The van der Waals surface area contributed by atoms with Gasteiger partial charge in [0.1, 0.15) is 5.82 Å². The maximum Gasteiger partial charge on any atom is 0.255 e. The van der Waals surface area contributed by atoms with Gasteiger partial charge in [-0.25, -0.2) is 4.98 Å². The number of nitrogens with zero attached hydrogens (tertiary/aromatic N) is 4. The Balaban J connectivity index is 1.38. The van der Waals surface area contributed by atoms with E-state index in [1.54, 1.807) is 12.4 Å². The number of benzene rings is 1. The molecule has 4 rings (SSSR count). The van der Waals surface area contributed by atoms with E-state index in [1.807, 2.05) is 41.4 Å². The number of piperidine rings is 1. The topological polar surface area (TPSA) is 51.0 Å². The molecule has 1 aliphatic rings. The fraction of sp³-hybridized carbons (Fsp3) is 0.286. The molecule has 1 aromatic carbocycles. The predicted octanol–water partition coefficient (Wildman–Crippen LogP) is 3.50. The largest absolute Gasteiger partial charge is 0.339 e. The molecule has 1 amide bonds. The number of aromatic nitrogens is 3. The molecule has 0 bridgehead atoms. The summed E-state index contributed by atoms with van der Waals surface area (Å²) < 4.78 is 2.23. The van der Waals surface area contributed by atoms with Gasteiger partial charge in [0.15, 0.2) is 0 Å². The van der Waals surface area contributed by atoms with Crippen LogP contribution >= 0.6 is 0 Å². The summed E-state index contributed by atoms with van der Waals surface area (Å²) in [6.07, 6.45) is 9.28. The Bertz CT molecular complexity index is 852. The monoisotopic (exact) mass is 346 g/mol. The van der Waals surface area contributed by atoms with Crippen LogP contribution in [0.4, 0.5) is 0 Å². The van der Waals surface area contributed by atoms with Gasteiger partial charge in [-0.1, -0.05) is 30.3 Å². The first-order valence-corrected chi connectivity index (χ1v) is 9.07. The van der Waals surface area contributed by atoms with E-state index in [-0.39, 0.29) is 5.91 Å². The molecule has 3 heterocycles. The molecule has 0 aliphatic carbocycles. The first-order chi connectivity index (χ1) is 12.8. The van der Waals surface area contributed by atoms with Crippen LogP contribution in [0.25, 0.3) is 11.4 Å². The number of amides is 1. The van der Waals surface area contributed by atoms with Crippen molar-refractivity contribution in [1.29, 1.82) is 0 Å². The number of imidazole rings is 1. The van der Waals surface area contributed by atoms with Crippen molar-refractivity contribution in [2.24, 2.45) is 5.92 Å². The highest BCUT2D eigenvalue weighted by molar-refractivity contribution is 5.93. The normalized spacial score (nSPS) is 15.2. The highest BCUT2D eigenvalue weighted by atomic mass is 16.2. The van der Waals surface area contributed by atoms with Crippen molar-refractivity contribution in [1.82, 2.24) is 19.4 Å². The Morgan fingerprint density at radius 3 is 2.58 bits per heavy atom. The zero-order chi connectivity index (χ0) is 17.8. The van der Waals surface area contributed by atoms with Gasteiger partial charge in [0.05, 0.1) is 5.56 Å². The molecular formula is C21H22N4O. The lowest BCUT2D eigenvalue weighted by Gasteiger charge is -2.32. The number of carbonyl (C=O) groups is 1. The molecule has 0 spiro atoms. The van der Waals surface area contributed by atoms with Gasteiger partial charge in [-0.05, 0) is 30.9 Å². The molecular weight excluding hydrogens is 324 g/mol. The van der Waals surface area contributed by atoms with E-state index in [1.165, 1.54) is 0 Å². The Kier molecular flexibility index (Phi) is 4.78. The average molecular weight is 346 g/mol. The van der Waals surface area contributed by atoms with Crippen molar-refractivity contribution in [3.05, 3.63) is 72.8 Å². The van der Waals surface area contributed by atoms with Gasteiger partial charge in [0.2, 0.25) is 0 Å². The summed E-state index contributed by atoms with van der Waals surface area (Å²) in [7, 11) is 0. The number of hydrogen-bond donors (Lipinski definition) is 0. The number of rotatable bonds is 4. The molecule has 26 heavy (non-hydrogen) atoms. The smallest absolute Gasteiger partial charge is 0.255 e. The van der Waals surface area contributed by atoms with E-state index in [0.717, 1.165) is 43.9 Å². The molecule has 1 aliphatic heterocycles. The molecule has 0 N–H and O–H groups in total. The second kappa shape index (κ2) is 7.52. The zero-order valence-electron chi connectivity index (χ0n) is 14.7. The lowest BCUT2D eigenvalue weighted by atomic mass is 9.96. The average Bonchev–Trinajstić information content (AvgIpc) is 3.17. The number of carbonyl (C=O) groups excluding carboxylic acids is 1. The van der Waals surface area contributed by atoms with E-state index >= 15 is 0 Å². The minimum atomic E-state index is 0.0872. The summed E-state index contributed by atoms with van der Waals surface area (Å²) in [5, 5.41) is 0. The van der Waals surface area contributed by atoms with E-state index < -0.39 is 0 Å². The Hall–Kier alpha value is -2.95. The molecule has 1 saturated heterocycles. The van der Waals surface area contributed by atoms with Crippen molar-refractivity contribution in [2.45, 2.75) is 19.4 Å². The standard InChI is InChI=1S/C21H22N4O/c26-21(19-7-4-10-22-15-19)24-12-8-17(9-13-24)16-25-14-11-23-20(25)18-5-2-1-3-6-18/h1-7,10-11,14-15,17H,8-9,12-13,16H2. The summed E-state index contributed by atoms with van der Waals surface area (Å²) in [4.78, 5) is 23.0. The summed E-state index contributed by atoms with van der Waals surface area (Å²) in [6, 6.07) is 13.9. The number of hydrogen-bond acceptors (Lipinski definition) is 3. The van der Waals surface area contributed by atoms with E-state index in [0.29, 0.717) is 11.5 Å². The van der Waals surface area contributed by atoms with Crippen LogP contribution in [0.1, 0.15) is 23.2 Å². The molecule has 5 nitrogen and oxygen atoms in total. The van der Waals surface area contributed by atoms with Gasteiger partial charge in [-0.15, -0.1) is 0 Å². The highest BCUT2D eigenvalue weighted by Gasteiger charge is 2.24. The fourth-order valence-electron chi connectivity index (χ4n) is 3.57. The first-order valence-electron chi connectivity index (χ1n) is 9.07. The van der Waals surface area contributed by atoms with Crippen molar-refractivity contribution < 1.29 is 4.79 Å². The number of pyridine rings is 1. The van der Waals surface area contributed by atoms with Crippen molar-refractivity contribution >= 4 is 5.91 Å². The van der Waals surface area contributed by atoms with Crippen LogP contribution in [0.2, 0.25) is 0 Å². The van der Waals surface area contributed by atoms with E-state index in [9.17, 15) is 4.79 Å². The van der Waals surface area contributed by atoms with Gasteiger partial charge >= 0.3 is 0 Å². The molecule has 5 heteroatoms. The summed E-state index contributed by atoms with van der Waals surface area (Å²) >= 11 is 0. The second-order valence-corrected chi connectivity index (χ2v) is 6.75. The van der Waals surface area contributed by atoms with Crippen LogP contribution in [-0.2, 0) is 6.54 Å². The summed E-state index contributed by atoms with van der Waals surface area (Å²) in [6.45, 7) is 2.54. The highest BCUT2D eigenvalue weighted by Crippen LogP contribution is 2.24.